The fourth-order valence-electron chi connectivity index (χ4n) is 4.16. The van der Waals surface area contributed by atoms with Gasteiger partial charge in [-0.05, 0) is 12.1 Å². The van der Waals surface area contributed by atoms with Crippen molar-refractivity contribution in [3.05, 3.63) is 65.4 Å². The number of amidine groups is 1. The first kappa shape index (κ1) is 21.6. The number of carbonyl (C=O) groups excluding carboxylic acids is 3. The van der Waals surface area contributed by atoms with Gasteiger partial charge >= 0.3 is 0 Å². The number of hydrogen-bond donors (Lipinski definition) is 2. The number of quaternary nitrogens is 1. The SMILES string of the molecule is C[NH+]1N=CN=C1c1ncc(F)c2c(C(=O)C(=O)N3CCN(C(=O)c4ccccc4)CC3)c[nH]c12. The number of nitrogens with one attached hydrogen (secondary N) is 2. The standard InChI is InChI=1S/C23H20FN7O3/c1-29-21(27-13-28-29)19-18-17(16(24)12-26-19)15(11-25-18)20(32)23(34)31-9-7-30(8-10-31)22(33)14-5-3-2-4-6-14/h2-6,11-13,25H,7-10H2,1H3/p+1. The summed E-state index contributed by atoms with van der Waals surface area (Å²) in [5.74, 6) is -1.93. The molecule has 0 saturated carbocycles. The Morgan fingerprint density at radius 1 is 1.06 bits per heavy atom. The first-order valence-corrected chi connectivity index (χ1v) is 10.7. The van der Waals surface area contributed by atoms with Gasteiger partial charge < -0.3 is 14.8 Å². The molecule has 1 unspecified atom stereocenters. The van der Waals surface area contributed by atoms with E-state index >= 15 is 0 Å². The van der Waals surface area contributed by atoms with E-state index in [-0.39, 0.29) is 35.5 Å². The average molecular weight is 462 g/mol. The molecule has 2 aliphatic heterocycles. The summed E-state index contributed by atoms with van der Waals surface area (Å²) >= 11 is 0. The van der Waals surface area contributed by atoms with Gasteiger partial charge in [-0.2, -0.15) is 10.0 Å². The number of aromatic nitrogens is 2. The Labute approximate surface area is 193 Å². The zero-order valence-corrected chi connectivity index (χ0v) is 18.3. The first-order chi connectivity index (χ1) is 16.5. The fraction of sp³-hybridized carbons (Fsp3) is 0.217. The lowest BCUT2D eigenvalue weighted by molar-refractivity contribution is -0.785. The third-order valence-corrected chi connectivity index (χ3v) is 5.98. The average Bonchev–Trinajstić information content (AvgIpc) is 3.51. The topological polar surface area (TPSA) is 116 Å². The minimum Gasteiger partial charge on any atom is -0.358 e. The first-order valence-electron chi connectivity index (χ1n) is 10.7. The van der Waals surface area contributed by atoms with Crippen molar-refractivity contribution in [1.82, 2.24) is 19.8 Å². The smallest absolute Gasteiger partial charge is 0.295 e. The van der Waals surface area contributed by atoms with E-state index in [9.17, 15) is 18.8 Å². The van der Waals surface area contributed by atoms with Crippen molar-refractivity contribution in [1.29, 1.82) is 0 Å². The predicted octanol–water partition coefficient (Wildman–Crippen LogP) is 0.0875. The molecule has 0 bridgehead atoms. The van der Waals surface area contributed by atoms with Gasteiger partial charge in [-0.1, -0.05) is 23.3 Å². The molecular formula is C23H21FN7O3+. The minimum atomic E-state index is -0.824. The number of ketones is 1. The van der Waals surface area contributed by atoms with Crippen molar-refractivity contribution < 1.29 is 23.8 Å². The van der Waals surface area contributed by atoms with Gasteiger partial charge in [-0.3, -0.25) is 14.4 Å². The lowest BCUT2D eigenvalue weighted by Crippen LogP contribution is -3.06. The number of carbonyl (C=O) groups is 3. The molecular weight excluding hydrogens is 441 g/mol. The molecule has 34 heavy (non-hydrogen) atoms. The number of benzene rings is 1. The number of piperazine rings is 1. The van der Waals surface area contributed by atoms with Gasteiger partial charge in [-0.25, -0.2) is 9.37 Å². The summed E-state index contributed by atoms with van der Waals surface area (Å²) in [5, 5.41) is 4.68. The van der Waals surface area contributed by atoms with Crippen LogP contribution in [0.1, 0.15) is 26.4 Å². The summed E-state index contributed by atoms with van der Waals surface area (Å²) in [7, 11) is 1.75. The van der Waals surface area contributed by atoms with E-state index < -0.39 is 17.5 Å². The van der Waals surface area contributed by atoms with Crippen molar-refractivity contribution in [3.63, 3.8) is 0 Å². The number of fused-ring (bicyclic) bond motifs is 1. The molecule has 2 amide bonds. The second-order valence-electron chi connectivity index (χ2n) is 7.99. The minimum absolute atomic E-state index is 0.0105. The van der Waals surface area contributed by atoms with Crippen LogP contribution in [0.25, 0.3) is 10.9 Å². The van der Waals surface area contributed by atoms with E-state index in [1.165, 1.54) is 17.4 Å². The van der Waals surface area contributed by atoms with Crippen LogP contribution in [0, 0.1) is 5.82 Å². The van der Waals surface area contributed by atoms with Crippen LogP contribution in [0.4, 0.5) is 4.39 Å². The molecule has 1 aromatic carbocycles. The third-order valence-electron chi connectivity index (χ3n) is 5.98. The summed E-state index contributed by atoms with van der Waals surface area (Å²) in [5.41, 5.74) is 1.13. The Hall–Kier alpha value is -4.25. The van der Waals surface area contributed by atoms with Gasteiger partial charge in [0.25, 0.3) is 23.4 Å². The molecule has 1 saturated heterocycles. The maximum atomic E-state index is 14.7. The fourth-order valence-corrected chi connectivity index (χ4v) is 4.16. The largest absolute Gasteiger partial charge is 0.358 e. The van der Waals surface area contributed by atoms with Gasteiger partial charge in [0.1, 0.15) is 0 Å². The Balaban J connectivity index is 1.34. The van der Waals surface area contributed by atoms with E-state index in [1.807, 2.05) is 6.07 Å². The lowest BCUT2D eigenvalue weighted by atomic mass is 10.1. The van der Waals surface area contributed by atoms with Crippen LogP contribution in [0.5, 0.6) is 0 Å². The van der Waals surface area contributed by atoms with Crippen molar-refractivity contribution in [3.8, 4) is 0 Å². The Morgan fingerprint density at radius 3 is 2.44 bits per heavy atom. The van der Waals surface area contributed by atoms with Crippen molar-refractivity contribution in [2.24, 2.45) is 10.1 Å². The molecule has 2 aliphatic rings. The molecule has 2 aromatic heterocycles. The molecule has 3 aromatic rings. The zero-order chi connectivity index (χ0) is 23.8. The quantitative estimate of drug-likeness (QED) is 0.422. The number of nitrogens with zero attached hydrogens (tertiary/aromatic N) is 5. The molecule has 1 fully saturated rings. The van der Waals surface area contributed by atoms with Gasteiger partial charge in [0.15, 0.2) is 17.8 Å². The number of pyridine rings is 1. The van der Waals surface area contributed by atoms with Gasteiger partial charge in [-0.15, -0.1) is 0 Å². The monoisotopic (exact) mass is 462 g/mol. The van der Waals surface area contributed by atoms with Crippen molar-refractivity contribution >= 4 is 40.7 Å². The van der Waals surface area contributed by atoms with Gasteiger partial charge in [0.2, 0.25) is 0 Å². The van der Waals surface area contributed by atoms with Crippen molar-refractivity contribution in [2.45, 2.75) is 0 Å². The molecule has 11 heteroatoms. The molecule has 0 radical (unpaired) electrons. The normalized spacial score (nSPS) is 17.8. The highest BCUT2D eigenvalue weighted by atomic mass is 19.1. The summed E-state index contributed by atoms with van der Waals surface area (Å²) in [6.07, 6.45) is 3.71. The van der Waals surface area contributed by atoms with E-state index in [2.05, 4.69) is 20.1 Å². The zero-order valence-electron chi connectivity index (χ0n) is 18.3. The van der Waals surface area contributed by atoms with Crippen molar-refractivity contribution in [2.75, 3.05) is 33.2 Å². The number of aromatic amines is 1. The number of amides is 2. The predicted molar refractivity (Wildman–Crippen MR) is 121 cm³/mol. The molecule has 10 nitrogen and oxygen atoms in total. The van der Waals surface area contributed by atoms with Crippen LogP contribution in [0.15, 0.2) is 52.8 Å². The second-order valence-corrected chi connectivity index (χ2v) is 7.99. The van der Waals surface area contributed by atoms with Crippen LogP contribution < -0.4 is 5.01 Å². The molecule has 2 N–H and O–H groups in total. The summed E-state index contributed by atoms with van der Waals surface area (Å²) in [4.78, 5) is 52.9. The molecule has 0 aliphatic carbocycles. The number of H-pyrrole nitrogens is 1. The Morgan fingerprint density at radius 2 is 1.76 bits per heavy atom. The molecule has 0 spiro atoms. The summed E-state index contributed by atoms with van der Waals surface area (Å²) in [6.45, 7) is 1.03. The van der Waals surface area contributed by atoms with Gasteiger partial charge in [0.05, 0.1) is 29.7 Å². The molecule has 4 heterocycles. The van der Waals surface area contributed by atoms with Crippen LogP contribution in [0.2, 0.25) is 0 Å². The van der Waals surface area contributed by atoms with Crippen LogP contribution in [-0.2, 0) is 4.79 Å². The maximum absolute atomic E-state index is 14.7. The van der Waals surface area contributed by atoms with E-state index in [0.717, 1.165) is 6.20 Å². The Bertz CT molecular complexity index is 1360. The number of hydrogen-bond acceptors (Lipinski definition) is 6. The summed E-state index contributed by atoms with van der Waals surface area (Å²) < 4.78 is 14.7. The highest BCUT2D eigenvalue weighted by Gasteiger charge is 2.32. The van der Waals surface area contributed by atoms with Crippen LogP contribution in [0.3, 0.4) is 0 Å². The summed E-state index contributed by atoms with van der Waals surface area (Å²) in [6, 6.07) is 8.89. The van der Waals surface area contributed by atoms with Crippen LogP contribution >= 0.6 is 0 Å². The molecule has 172 valence electrons. The second kappa shape index (κ2) is 8.60. The maximum Gasteiger partial charge on any atom is 0.295 e. The third kappa shape index (κ3) is 3.65. The van der Waals surface area contributed by atoms with Crippen LogP contribution in [-0.4, -0.2) is 82.8 Å². The number of aliphatic imine (C=N–C) groups is 1. The lowest BCUT2D eigenvalue weighted by Gasteiger charge is -2.34. The van der Waals surface area contributed by atoms with Gasteiger partial charge in [0, 0.05) is 37.9 Å². The number of rotatable bonds is 4. The van der Waals surface area contributed by atoms with E-state index in [4.69, 9.17) is 0 Å². The highest BCUT2D eigenvalue weighted by molar-refractivity contribution is 6.45. The molecule has 5 rings (SSSR count). The Kier molecular flexibility index (Phi) is 5.46. The highest BCUT2D eigenvalue weighted by Crippen LogP contribution is 2.25. The number of halogens is 1. The van der Waals surface area contributed by atoms with E-state index in [0.29, 0.717) is 35.2 Å². The number of Topliss-reactive ketones (excluding diaryl/α,β-unsaturated/α-hetero) is 1. The molecule has 1 atom stereocenters. The van der Waals surface area contributed by atoms with E-state index in [1.54, 1.807) is 36.2 Å².